The fourth-order valence-corrected chi connectivity index (χ4v) is 1.13. The van der Waals surface area contributed by atoms with Crippen molar-refractivity contribution in [3.05, 3.63) is 30.3 Å². The molecule has 1 aromatic rings. The number of rotatable bonds is 1. The smallest absolute Gasteiger partial charge is 1.00 e. The van der Waals surface area contributed by atoms with E-state index in [0.717, 1.165) is 8.58 Å². The first-order valence-corrected chi connectivity index (χ1v) is 4.16. The van der Waals surface area contributed by atoms with E-state index >= 15 is 0 Å². The van der Waals surface area contributed by atoms with E-state index in [4.69, 9.17) is 0 Å². The van der Waals surface area contributed by atoms with Crippen molar-refractivity contribution in [3.8, 4) is 0 Å². The van der Waals surface area contributed by atoms with Gasteiger partial charge in [0.15, 0.2) is 0 Å². The molecule has 0 bridgehead atoms. The molecule has 0 amide bonds. The quantitative estimate of drug-likeness (QED) is 0.344. The van der Waals surface area contributed by atoms with Crippen LogP contribution < -0.4 is 34.9 Å². The van der Waals surface area contributed by atoms with Crippen LogP contribution in [-0.4, -0.2) is 6.66 Å². The summed E-state index contributed by atoms with van der Waals surface area (Å²) < 4.78 is 0. The van der Waals surface area contributed by atoms with Gasteiger partial charge < -0.3 is 1.43 Å². The van der Waals surface area contributed by atoms with Crippen LogP contribution in [0.2, 0.25) is 0 Å². The molecule has 1 unspecified atom stereocenters. The Bertz CT molecular complexity index is 155. The second-order valence-electron chi connectivity index (χ2n) is 1.62. The molecule has 2 heteroatoms. The first-order valence-electron chi connectivity index (χ1n) is 2.66. The number of hydrogen-bond acceptors (Lipinski definition) is 0. The van der Waals surface area contributed by atoms with Crippen LogP contribution in [0, 0.1) is 0 Å². The molecule has 9 heavy (non-hydrogen) atoms. The van der Waals surface area contributed by atoms with E-state index in [-0.39, 0.29) is 31.0 Å². The van der Waals surface area contributed by atoms with Crippen molar-refractivity contribution in [1.82, 2.24) is 0 Å². The van der Waals surface area contributed by atoms with Gasteiger partial charge in [-0.05, 0) is 12.0 Å². The van der Waals surface area contributed by atoms with Crippen LogP contribution in [0.3, 0.4) is 0 Å². The van der Waals surface area contributed by atoms with E-state index < -0.39 is 0 Å². The zero-order chi connectivity index (χ0) is 5.82. The molecule has 0 N–H and O–H groups in total. The van der Waals surface area contributed by atoms with E-state index in [9.17, 15) is 0 Å². The van der Waals surface area contributed by atoms with Gasteiger partial charge in [-0.1, -0.05) is 38.9 Å². The summed E-state index contributed by atoms with van der Waals surface area (Å²) in [5.74, 6) is 0. The standard InChI is InChI=1S/C7H9P.Na.H/c1-8-7-5-3-2-4-6-7;;/h2-6,8H,1H3;;/q;+1;-1. The molecular weight excluding hydrogens is 138 g/mol. The minimum absolute atomic E-state index is 0. The van der Waals surface area contributed by atoms with Crippen molar-refractivity contribution in [2.75, 3.05) is 6.66 Å². The summed E-state index contributed by atoms with van der Waals surface area (Å²) in [6.07, 6.45) is 0. The Balaban J connectivity index is 0. The van der Waals surface area contributed by atoms with Crippen molar-refractivity contribution in [2.45, 2.75) is 0 Å². The molecule has 1 aromatic carbocycles. The maximum atomic E-state index is 2.19. The normalized spacial score (nSPS) is 9.44. The Labute approximate surface area is 81.6 Å². The average molecular weight is 148 g/mol. The predicted molar refractivity (Wildman–Crippen MR) is 41.4 cm³/mol. The molecule has 0 aliphatic carbocycles. The Morgan fingerprint density at radius 2 is 1.78 bits per heavy atom. The number of benzene rings is 1. The van der Waals surface area contributed by atoms with Gasteiger partial charge in [0.25, 0.3) is 0 Å². The third kappa shape index (κ3) is 3.37. The van der Waals surface area contributed by atoms with E-state index in [0.29, 0.717) is 0 Å². The van der Waals surface area contributed by atoms with Gasteiger partial charge in [0.05, 0.1) is 0 Å². The van der Waals surface area contributed by atoms with Gasteiger partial charge in [-0.15, -0.1) is 0 Å². The molecule has 44 valence electrons. The Kier molecular flexibility index (Phi) is 5.83. The molecule has 0 aromatic heterocycles. The monoisotopic (exact) mass is 148 g/mol. The van der Waals surface area contributed by atoms with Crippen LogP contribution in [0.5, 0.6) is 0 Å². The van der Waals surface area contributed by atoms with Gasteiger partial charge in [0.2, 0.25) is 0 Å². The number of hydrogen-bond donors (Lipinski definition) is 0. The molecule has 1 rings (SSSR count). The van der Waals surface area contributed by atoms with Gasteiger partial charge in [0, 0.05) is 0 Å². The second-order valence-corrected chi connectivity index (χ2v) is 2.69. The predicted octanol–water partition coefficient (Wildman–Crippen LogP) is -1.26. The summed E-state index contributed by atoms with van der Waals surface area (Å²) in [4.78, 5) is 0. The van der Waals surface area contributed by atoms with Crippen LogP contribution in [0.4, 0.5) is 0 Å². The molecule has 1 atom stereocenters. The van der Waals surface area contributed by atoms with Gasteiger partial charge in [-0.25, -0.2) is 0 Å². The Hall–Kier alpha value is 0.650. The van der Waals surface area contributed by atoms with Crippen LogP contribution in [0.25, 0.3) is 0 Å². The largest absolute Gasteiger partial charge is 1.00 e. The summed E-state index contributed by atoms with van der Waals surface area (Å²) in [5, 5.41) is 1.44. The molecule has 0 aliphatic rings. The van der Waals surface area contributed by atoms with Crippen molar-refractivity contribution in [3.63, 3.8) is 0 Å². The fourth-order valence-electron chi connectivity index (χ4n) is 0.605. The van der Waals surface area contributed by atoms with Crippen LogP contribution in [-0.2, 0) is 0 Å². The van der Waals surface area contributed by atoms with Crippen LogP contribution >= 0.6 is 8.58 Å². The molecule has 0 fully saturated rings. The van der Waals surface area contributed by atoms with E-state index in [1.165, 1.54) is 5.30 Å². The maximum Gasteiger partial charge on any atom is 1.00 e. The Morgan fingerprint density at radius 3 is 2.11 bits per heavy atom. The fraction of sp³-hybridized carbons (Fsp3) is 0.143. The van der Waals surface area contributed by atoms with E-state index in [1.54, 1.807) is 0 Å². The van der Waals surface area contributed by atoms with Gasteiger partial charge in [-0.2, -0.15) is 0 Å². The topological polar surface area (TPSA) is 0 Å². The van der Waals surface area contributed by atoms with E-state index in [1.807, 2.05) is 6.07 Å². The maximum absolute atomic E-state index is 2.19. The van der Waals surface area contributed by atoms with Crippen molar-refractivity contribution in [1.29, 1.82) is 0 Å². The summed E-state index contributed by atoms with van der Waals surface area (Å²) in [5.41, 5.74) is 0. The summed E-state index contributed by atoms with van der Waals surface area (Å²) in [6, 6.07) is 10.5. The third-order valence-corrected chi connectivity index (χ3v) is 1.97. The van der Waals surface area contributed by atoms with Gasteiger partial charge >= 0.3 is 29.6 Å². The third-order valence-electron chi connectivity index (χ3n) is 1.06. The summed E-state index contributed by atoms with van der Waals surface area (Å²) in [7, 11) is 0.930. The van der Waals surface area contributed by atoms with Crippen LogP contribution in [0.15, 0.2) is 30.3 Å². The molecular formula is C7H10NaP. The molecule has 0 saturated heterocycles. The van der Waals surface area contributed by atoms with Crippen LogP contribution in [0.1, 0.15) is 1.43 Å². The molecule has 0 spiro atoms. The molecule has 0 nitrogen and oxygen atoms in total. The first kappa shape index (κ1) is 9.65. The van der Waals surface area contributed by atoms with Crippen molar-refractivity contribution >= 4 is 13.9 Å². The zero-order valence-corrected chi connectivity index (χ0v) is 8.89. The first-order chi connectivity index (χ1) is 3.93. The van der Waals surface area contributed by atoms with Gasteiger partial charge in [-0.3, -0.25) is 0 Å². The molecule has 0 aliphatic heterocycles. The SMILES string of the molecule is CPc1ccccc1.[H-].[Na+]. The minimum Gasteiger partial charge on any atom is -1.00 e. The molecule has 0 radical (unpaired) electrons. The second kappa shape index (κ2) is 5.44. The molecule has 0 saturated carbocycles. The average Bonchev–Trinajstić information content (AvgIpc) is 1.90. The van der Waals surface area contributed by atoms with E-state index in [2.05, 4.69) is 30.9 Å². The minimum atomic E-state index is 0. The summed E-state index contributed by atoms with van der Waals surface area (Å²) in [6.45, 7) is 2.19. The van der Waals surface area contributed by atoms with Crippen molar-refractivity contribution in [2.24, 2.45) is 0 Å². The van der Waals surface area contributed by atoms with Gasteiger partial charge in [0.1, 0.15) is 0 Å². The van der Waals surface area contributed by atoms with Crippen molar-refractivity contribution < 1.29 is 31.0 Å². The Morgan fingerprint density at radius 1 is 1.22 bits per heavy atom. The summed E-state index contributed by atoms with van der Waals surface area (Å²) >= 11 is 0. The molecule has 0 heterocycles. The zero-order valence-electron chi connectivity index (χ0n) is 6.89.